The average Bonchev–Trinajstić information content (AvgIpc) is 3.01. The SMILES string of the molecule is CC1CCC(Cn2cncn2)(c2ccccc2Cl)O1. The molecule has 0 spiro atoms. The van der Waals surface area contributed by atoms with Crippen LogP contribution < -0.4 is 0 Å². The summed E-state index contributed by atoms with van der Waals surface area (Å²) in [6.07, 6.45) is 5.46. The van der Waals surface area contributed by atoms with Gasteiger partial charge in [-0.3, -0.25) is 0 Å². The highest BCUT2D eigenvalue weighted by molar-refractivity contribution is 6.31. The van der Waals surface area contributed by atoms with E-state index in [2.05, 4.69) is 17.0 Å². The maximum absolute atomic E-state index is 6.36. The molecule has 1 fully saturated rings. The van der Waals surface area contributed by atoms with Crippen molar-refractivity contribution in [1.82, 2.24) is 14.8 Å². The van der Waals surface area contributed by atoms with Gasteiger partial charge in [-0.25, -0.2) is 9.67 Å². The summed E-state index contributed by atoms with van der Waals surface area (Å²) in [6, 6.07) is 7.88. The monoisotopic (exact) mass is 277 g/mol. The minimum atomic E-state index is -0.397. The van der Waals surface area contributed by atoms with E-state index in [1.54, 1.807) is 17.3 Å². The van der Waals surface area contributed by atoms with Gasteiger partial charge in [-0.2, -0.15) is 5.10 Å². The lowest BCUT2D eigenvalue weighted by Gasteiger charge is -2.30. The van der Waals surface area contributed by atoms with Crippen LogP contribution in [0, 0.1) is 0 Å². The van der Waals surface area contributed by atoms with Gasteiger partial charge in [0.15, 0.2) is 0 Å². The summed E-state index contributed by atoms with van der Waals surface area (Å²) in [4.78, 5) is 3.99. The standard InChI is InChI=1S/C14H16ClN3O/c1-11-6-7-14(19-11,8-18-10-16-9-17-18)12-4-2-3-5-13(12)15/h2-5,9-11H,6-8H2,1H3. The smallest absolute Gasteiger partial charge is 0.137 e. The molecule has 1 aromatic heterocycles. The third kappa shape index (κ3) is 2.38. The molecule has 3 rings (SSSR count). The first-order chi connectivity index (χ1) is 9.20. The molecule has 0 amide bonds. The molecule has 0 saturated carbocycles. The van der Waals surface area contributed by atoms with Crippen LogP contribution in [0.1, 0.15) is 25.3 Å². The minimum Gasteiger partial charge on any atom is -0.365 e. The highest BCUT2D eigenvalue weighted by Crippen LogP contribution is 2.43. The summed E-state index contributed by atoms with van der Waals surface area (Å²) in [6.45, 7) is 2.74. The molecule has 5 heteroatoms. The number of nitrogens with zero attached hydrogens (tertiary/aromatic N) is 3. The molecular formula is C14H16ClN3O. The van der Waals surface area contributed by atoms with Gasteiger partial charge < -0.3 is 4.74 Å². The molecule has 0 N–H and O–H groups in total. The fourth-order valence-electron chi connectivity index (χ4n) is 2.75. The summed E-state index contributed by atoms with van der Waals surface area (Å²) >= 11 is 6.36. The lowest BCUT2D eigenvalue weighted by molar-refractivity contribution is -0.0523. The zero-order valence-electron chi connectivity index (χ0n) is 10.8. The maximum Gasteiger partial charge on any atom is 0.137 e. The first-order valence-corrected chi connectivity index (χ1v) is 6.83. The van der Waals surface area contributed by atoms with Gasteiger partial charge in [-0.15, -0.1) is 0 Å². The van der Waals surface area contributed by atoms with Crippen molar-refractivity contribution in [3.63, 3.8) is 0 Å². The number of ether oxygens (including phenoxy) is 1. The Morgan fingerprint density at radius 2 is 2.32 bits per heavy atom. The largest absolute Gasteiger partial charge is 0.365 e. The first-order valence-electron chi connectivity index (χ1n) is 6.45. The van der Waals surface area contributed by atoms with Gasteiger partial charge in [0, 0.05) is 10.6 Å². The van der Waals surface area contributed by atoms with Crippen molar-refractivity contribution in [3.8, 4) is 0 Å². The van der Waals surface area contributed by atoms with E-state index in [9.17, 15) is 0 Å². The number of rotatable bonds is 3. The Labute approximate surface area is 117 Å². The fraction of sp³-hybridized carbons (Fsp3) is 0.429. The second-order valence-corrected chi connectivity index (χ2v) is 5.44. The molecule has 2 aromatic rings. The van der Waals surface area contributed by atoms with E-state index >= 15 is 0 Å². The second-order valence-electron chi connectivity index (χ2n) is 5.03. The third-order valence-corrected chi connectivity index (χ3v) is 3.96. The predicted octanol–water partition coefficient (Wildman–Crippen LogP) is 3.03. The lowest BCUT2D eigenvalue weighted by Crippen LogP contribution is -2.32. The topological polar surface area (TPSA) is 39.9 Å². The highest BCUT2D eigenvalue weighted by Gasteiger charge is 2.42. The van der Waals surface area contributed by atoms with Crippen LogP contribution in [-0.2, 0) is 16.9 Å². The van der Waals surface area contributed by atoms with Crippen LogP contribution in [0.4, 0.5) is 0 Å². The molecule has 4 nitrogen and oxygen atoms in total. The quantitative estimate of drug-likeness (QED) is 0.866. The Morgan fingerprint density at radius 3 is 2.95 bits per heavy atom. The van der Waals surface area contributed by atoms with Gasteiger partial charge in [0.25, 0.3) is 0 Å². The lowest BCUT2D eigenvalue weighted by atomic mass is 9.90. The van der Waals surface area contributed by atoms with Gasteiger partial charge in [0.2, 0.25) is 0 Å². The summed E-state index contributed by atoms with van der Waals surface area (Å²) in [7, 11) is 0. The molecule has 1 aromatic carbocycles. The molecule has 1 aliphatic rings. The van der Waals surface area contributed by atoms with E-state index in [-0.39, 0.29) is 6.10 Å². The van der Waals surface area contributed by atoms with Gasteiger partial charge >= 0.3 is 0 Å². The van der Waals surface area contributed by atoms with E-state index in [0.29, 0.717) is 6.54 Å². The summed E-state index contributed by atoms with van der Waals surface area (Å²) in [5.41, 5.74) is 0.641. The number of hydrogen-bond donors (Lipinski definition) is 0. The van der Waals surface area contributed by atoms with Crippen LogP contribution in [0.25, 0.3) is 0 Å². The van der Waals surface area contributed by atoms with Crippen LogP contribution in [-0.4, -0.2) is 20.9 Å². The second kappa shape index (κ2) is 4.94. The molecule has 1 saturated heterocycles. The third-order valence-electron chi connectivity index (χ3n) is 3.63. The van der Waals surface area contributed by atoms with Crippen LogP contribution in [0.3, 0.4) is 0 Å². The van der Waals surface area contributed by atoms with Crippen molar-refractivity contribution in [3.05, 3.63) is 47.5 Å². The molecule has 1 aliphatic heterocycles. The average molecular weight is 278 g/mol. The van der Waals surface area contributed by atoms with Crippen molar-refractivity contribution in [2.24, 2.45) is 0 Å². The maximum atomic E-state index is 6.36. The Hall–Kier alpha value is -1.39. The van der Waals surface area contributed by atoms with Crippen molar-refractivity contribution in [1.29, 1.82) is 0 Å². The number of halogens is 1. The zero-order valence-corrected chi connectivity index (χ0v) is 11.5. The minimum absolute atomic E-state index is 0.236. The Morgan fingerprint density at radius 1 is 1.47 bits per heavy atom. The van der Waals surface area contributed by atoms with Gasteiger partial charge in [-0.05, 0) is 25.8 Å². The van der Waals surface area contributed by atoms with Crippen LogP contribution in [0.2, 0.25) is 5.02 Å². The molecule has 0 bridgehead atoms. The van der Waals surface area contributed by atoms with Crippen molar-refractivity contribution >= 4 is 11.6 Å². The van der Waals surface area contributed by atoms with Crippen LogP contribution in [0.15, 0.2) is 36.9 Å². The van der Waals surface area contributed by atoms with E-state index in [1.807, 2.05) is 24.3 Å². The van der Waals surface area contributed by atoms with Crippen LogP contribution >= 0.6 is 11.6 Å². The number of aromatic nitrogens is 3. The first kappa shape index (κ1) is 12.6. The van der Waals surface area contributed by atoms with Crippen molar-refractivity contribution in [2.45, 2.75) is 38.0 Å². The molecule has 0 aliphatic carbocycles. The van der Waals surface area contributed by atoms with Gasteiger partial charge in [-0.1, -0.05) is 29.8 Å². The Kier molecular flexibility index (Phi) is 3.29. The molecule has 2 atom stereocenters. The molecule has 100 valence electrons. The molecule has 2 heterocycles. The molecule has 0 radical (unpaired) electrons. The number of hydrogen-bond acceptors (Lipinski definition) is 3. The Balaban J connectivity index is 2.00. The molecular weight excluding hydrogens is 262 g/mol. The van der Waals surface area contributed by atoms with E-state index in [4.69, 9.17) is 16.3 Å². The normalized spacial score (nSPS) is 26.7. The van der Waals surface area contributed by atoms with Gasteiger partial charge in [0.1, 0.15) is 18.3 Å². The van der Waals surface area contributed by atoms with Crippen molar-refractivity contribution in [2.75, 3.05) is 0 Å². The van der Waals surface area contributed by atoms with E-state index in [1.165, 1.54) is 0 Å². The zero-order chi connectivity index (χ0) is 13.3. The molecule has 19 heavy (non-hydrogen) atoms. The van der Waals surface area contributed by atoms with E-state index in [0.717, 1.165) is 23.4 Å². The summed E-state index contributed by atoms with van der Waals surface area (Å²) < 4.78 is 8.02. The van der Waals surface area contributed by atoms with E-state index < -0.39 is 5.60 Å². The van der Waals surface area contributed by atoms with Gasteiger partial charge in [0.05, 0.1) is 12.6 Å². The predicted molar refractivity (Wildman–Crippen MR) is 72.9 cm³/mol. The Bertz CT molecular complexity index is 558. The highest BCUT2D eigenvalue weighted by atomic mass is 35.5. The summed E-state index contributed by atoms with van der Waals surface area (Å²) in [5, 5.41) is 4.93. The van der Waals surface area contributed by atoms with Crippen LogP contribution in [0.5, 0.6) is 0 Å². The fourth-order valence-corrected chi connectivity index (χ4v) is 3.05. The van der Waals surface area contributed by atoms with Crippen molar-refractivity contribution < 1.29 is 4.74 Å². The molecule has 2 unspecified atom stereocenters. The summed E-state index contributed by atoms with van der Waals surface area (Å²) in [5.74, 6) is 0. The number of benzene rings is 1.